The Balaban J connectivity index is 4.66. The number of aliphatic carboxylic acids is 1. The Bertz CT molecular complexity index is 259. The van der Waals surface area contributed by atoms with Crippen molar-refractivity contribution in [1.82, 2.24) is 4.90 Å². The molecule has 0 radical (unpaired) electrons. The summed E-state index contributed by atoms with van der Waals surface area (Å²) in [4.78, 5) is 24.4. The van der Waals surface area contributed by atoms with E-state index in [1.54, 1.807) is 4.90 Å². The zero-order chi connectivity index (χ0) is 12.9. The van der Waals surface area contributed by atoms with Gasteiger partial charge in [-0.1, -0.05) is 20.8 Å². The van der Waals surface area contributed by atoms with Gasteiger partial charge in [-0.3, -0.25) is 9.59 Å². The molecule has 4 nitrogen and oxygen atoms in total. The summed E-state index contributed by atoms with van der Waals surface area (Å²) in [6.45, 7) is 9.86. The van der Waals surface area contributed by atoms with Gasteiger partial charge in [0, 0.05) is 18.0 Å². The van der Waals surface area contributed by atoms with Crippen LogP contribution in [0.15, 0.2) is 0 Å². The number of hydrogen-bond acceptors (Lipinski definition) is 2. The topological polar surface area (TPSA) is 57.6 Å². The van der Waals surface area contributed by atoms with Crippen molar-refractivity contribution in [2.45, 2.75) is 53.5 Å². The third kappa shape index (κ3) is 4.21. The Morgan fingerprint density at radius 3 is 2.12 bits per heavy atom. The molecule has 16 heavy (non-hydrogen) atoms. The maximum atomic E-state index is 12.2. The van der Waals surface area contributed by atoms with E-state index in [9.17, 15) is 9.59 Å². The van der Waals surface area contributed by atoms with E-state index in [1.165, 1.54) is 0 Å². The lowest BCUT2D eigenvalue weighted by atomic mass is 9.88. The molecule has 0 unspecified atom stereocenters. The number of carboxylic acids is 1. The van der Waals surface area contributed by atoms with Gasteiger partial charge < -0.3 is 10.0 Å². The first-order valence-electron chi connectivity index (χ1n) is 5.75. The predicted molar refractivity (Wildman–Crippen MR) is 63.2 cm³/mol. The molecule has 0 aromatic heterocycles. The standard InChI is InChI=1S/C12H23NO3/c1-6-12(4,5)11(16)13(9(2)3)8-7-10(14)15/h9H,6-8H2,1-5H3,(H,14,15). The summed E-state index contributed by atoms with van der Waals surface area (Å²) in [6.07, 6.45) is 0.756. The van der Waals surface area contributed by atoms with Crippen LogP contribution in [0.4, 0.5) is 0 Å². The monoisotopic (exact) mass is 229 g/mol. The molecule has 0 aliphatic carbocycles. The number of carbonyl (C=O) groups excluding carboxylic acids is 1. The second-order valence-corrected chi connectivity index (χ2v) is 4.97. The molecule has 0 aliphatic rings. The van der Waals surface area contributed by atoms with Crippen molar-refractivity contribution in [3.63, 3.8) is 0 Å². The van der Waals surface area contributed by atoms with Crippen molar-refractivity contribution in [3.05, 3.63) is 0 Å². The van der Waals surface area contributed by atoms with E-state index in [0.717, 1.165) is 6.42 Å². The van der Waals surface area contributed by atoms with Crippen LogP contribution >= 0.6 is 0 Å². The molecule has 1 amide bonds. The van der Waals surface area contributed by atoms with E-state index < -0.39 is 11.4 Å². The first kappa shape index (κ1) is 14.9. The van der Waals surface area contributed by atoms with Crippen molar-refractivity contribution in [1.29, 1.82) is 0 Å². The SMILES string of the molecule is CCC(C)(C)C(=O)N(CCC(=O)O)C(C)C. The molecule has 0 spiro atoms. The van der Waals surface area contributed by atoms with Gasteiger partial charge in [-0.2, -0.15) is 0 Å². The van der Waals surface area contributed by atoms with Crippen LogP contribution in [-0.2, 0) is 9.59 Å². The number of amides is 1. The van der Waals surface area contributed by atoms with Crippen LogP contribution in [0.1, 0.15) is 47.5 Å². The minimum absolute atomic E-state index is 0.00368. The molecule has 0 aromatic carbocycles. The Labute approximate surface area is 97.6 Å². The lowest BCUT2D eigenvalue weighted by Crippen LogP contribution is -2.45. The molecular weight excluding hydrogens is 206 g/mol. The molecule has 0 saturated heterocycles. The largest absolute Gasteiger partial charge is 0.481 e. The van der Waals surface area contributed by atoms with Gasteiger partial charge in [0.15, 0.2) is 0 Å². The third-order valence-corrected chi connectivity index (χ3v) is 2.91. The van der Waals surface area contributed by atoms with Gasteiger partial charge in [0.25, 0.3) is 0 Å². The van der Waals surface area contributed by atoms with Gasteiger partial charge in [0.2, 0.25) is 5.91 Å². The highest BCUT2D eigenvalue weighted by atomic mass is 16.4. The normalized spacial score (nSPS) is 11.6. The predicted octanol–water partition coefficient (Wildman–Crippen LogP) is 2.13. The average molecular weight is 229 g/mol. The second kappa shape index (κ2) is 5.87. The zero-order valence-electron chi connectivity index (χ0n) is 10.9. The Hall–Kier alpha value is -1.06. The van der Waals surface area contributed by atoms with Gasteiger partial charge in [-0.15, -0.1) is 0 Å². The van der Waals surface area contributed by atoms with Crippen molar-refractivity contribution in [2.75, 3.05) is 6.54 Å². The number of hydrogen-bond donors (Lipinski definition) is 1. The fourth-order valence-electron chi connectivity index (χ4n) is 1.35. The van der Waals surface area contributed by atoms with Gasteiger partial charge in [0.05, 0.1) is 6.42 Å². The molecule has 0 bridgehead atoms. The van der Waals surface area contributed by atoms with Gasteiger partial charge in [-0.25, -0.2) is 0 Å². The van der Waals surface area contributed by atoms with Crippen LogP contribution in [0.3, 0.4) is 0 Å². The van der Waals surface area contributed by atoms with E-state index >= 15 is 0 Å². The third-order valence-electron chi connectivity index (χ3n) is 2.91. The minimum atomic E-state index is -0.868. The summed E-state index contributed by atoms with van der Waals surface area (Å²) in [7, 11) is 0. The number of nitrogens with zero attached hydrogens (tertiary/aromatic N) is 1. The Morgan fingerprint density at radius 1 is 1.31 bits per heavy atom. The molecule has 0 atom stereocenters. The summed E-state index contributed by atoms with van der Waals surface area (Å²) in [5.74, 6) is -0.834. The Kier molecular flexibility index (Phi) is 5.48. The highest BCUT2D eigenvalue weighted by Gasteiger charge is 2.31. The van der Waals surface area contributed by atoms with Crippen molar-refractivity contribution in [3.8, 4) is 0 Å². The zero-order valence-corrected chi connectivity index (χ0v) is 10.9. The molecule has 0 aromatic rings. The van der Waals surface area contributed by atoms with E-state index in [0.29, 0.717) is 0 Å². The smallest absolute Gasteiger partial charge is 0.305 e. The van der Waals surface area contributed by atoms with Crippen molar-refractivity contribution < 1.29 is 14.7 Å². The maximum Gasteiger partial charge on any atom is 0.305 e. The van der Waals surface area contributed by atoms with E-state index in [2.05, 4.69) is 0 Å². The fraction of sp³-hybridized carbons (Fsp3) is 0.833. The Morgan fingerprint density at radius 2 is 1.81 bits per heavy atom. The minimum Gasteiger partial charge on any atom is -0.481 e. The molecule has 0 fully saturated rings. The number of carboxylic acid groups (broad SMARTS) is 1. The number of carbonyl (C=O) groups is 2. The summed E-state index contributed by atoms with van der Waals surface area (Å²) in [5.41, 5.74) is -0.414. The van der Waals surface area contributed by atoms with E-state index in [4.69, 9.17) is 5.11 Å². The van der Waals surface area contributed by atoms with Crippen LogP contribution in [0, 0.1) is 5.41 Å². The molecule has 0 rings (SSSR count). The van der Waals surface area contributed by atoms with Gasteiger partial charge in [0.1, 0.15) is 0 Å². The summed E-state index contributed by atoms with van der Waals surface area (Å²) >= 11 is 0. The first-order chi connectivity index (χ1) is 7.22. The molecule has 4 heteroatoms. The van der Waals surface area contributed by atoms with Crippen LogP contribution < -0.4 is 0 Å². The highest BCUT2D eigenvalue weighted by Crippen LogP contribution is 2.24. The lowest BCUT2D eigenvalue weighted by Gasteiger charge is -2.33. The van der Waals surface area contributed by atoms with E-state index in [-0.39, 0.29) is 24.9 Å². The van der Waals surface area contributed by atoms with Gasteiger partial charge in [-0.05, 0) is 20.3 Å². The number of rotatable bonds is 6. The van der Waals surface area contributed by atoms with Crippen LogP contribution in [-0.4, -0.2) is 34.5 Å². The molecule has 94 valence electrons. The summed E-state index contributed by atoms with van der Waals surface area (Å²) in [5, 5.41) is 8.65. The molecule has 0 saturated carbocycles. The highest BCUT2D eigenvalue weighted by molar-refractivity contribution is 5.82. The summed E-state index contributed by atoms with van der Waals surface area (Å²) in [6, 6.07) is 0.0395. The molecule has 0 heterocycles. The first-order valence-corrected chi connectivity index (χ1v) is 5.75. The molecular formula is C12H23NO3. The van der Waals surface area contributed by atoms with Crippen LogP contribution in [0.2, 0.25) is 0 Å². The maximum absolute atomic E-state index is 12.2. The molecule has 0 aliphatic heterocycles. The van der Waals surface area contributed by atoms with Crippen LogP contribution in [0.5, 0.6) is 0 Å². The van der Waals surface area contributed by atoms with Crippen LogP contribution in [0.25, 0.3) is 0 Å². The quantitative estimate of drug-likeness (QED) is 0.759. The molecule has 1 N–H and O–H groups in total. The summed E-state index contributed by atoms with van der Waals surface area (Å²) < 4.78 is 0. The van der Waals surface area contributed by atoms with E-state index in [1.807, 2.05) is 34.6 Å². The van der Waals surface area contributed by atoms with Crippen molar-refractivity contribution in [2.24, 2.45) is 5.41 Å². The fourth-order valence-corrected chi connectivity index (χ4v) is 1.35. The van der Waals surface area contributed by atoms with Gasteiger partial charge >= 0.3 is 5.97 Å². The average Bonchev–Trinajstić information content (AvgIpc) is 2.16. The second-order valence-electron chi connectivity index (χ2n) is 4.97. The van der Waals surface area contributed by atoms with Crippen molar-refractivity contribution >= 4 is 11.9 Å². The lowest BCUT2D eigenvalue weighted by molar-refractivity contribution is -0.144.